The lowest BCUT2D eigenvalue weighted by molar-refractivity contribution is -0.122. The molecular formula is C14H26N2O3S. The fourth-order valence-electron chi connectivity index (χ4n) is 3.29. The van der Waals surface area contributed by atoms with Crippen LogP contribution in [-0.2, 0) is 14.6 Å². The van der Waals surface area contributed by atoms with Gasteiger partial charge >= 0.3 is 0 Å². The Morgan fingerprint density at radius 1 is 1.30 bits per heavy atom. The molecule has 0 spiro atoms. The Bertz CT molecular complexity index is 430. The van der Waals surface area contributed by atoms with Gasteiger partial charge in [-0.2, -0.15) is 0 Å². The van der Waals surface area contributed by atoms with E-state index >= 15 is 0 Å². The molecule has 1 unspecified atom stereocenters. The minimum Gasteiger partial charge on any atom is -0.353 e. The minimum absolute atomic E-state index is 0.0299. The van der Waals surface area contributed by atoms with Crippen LogP contribution in [0.15, 0.2) is 0 Å². The first-order valence-electron chi connectivity index (χ1n) is 7.69. The van der Waals surface area contributed by atoms with Crippen LogP contribution in [0.1, 0.15) is 45.4 Å². The molecular weight excluding hydrogens is 276 g/mol. The van der Waals surface area contributed by atoms with Crippen LogP contribution >= 0.6 is 0 Å². The van der Waals surface area contributed by atoms with E-state index in [4.69, 9.17) is 0 Å². The lowest BCUT2D eigenvalue weighted by Crippen LogP contribution is -2.48. The van der Waals surface area contributed by atoms with Gasteiger partial charge in [0.05, 0.1) is 11.5 Å². The summed E-state index contributed by atoms with van der Waals surface area (Å²) in [7, 11) is -2.97. The average Bonchev–Trinajstić information content (AvgIpc) is 2.38. The van der Waals surface area contributed by atoms with E-state index in [0.717, 1.165) is 0 Å². The minimum atomic E-state index is -2.97. The van der Waals surface area contributed by atoms with Gasteiger partial charge in [-0.1, -0.05) is 19.3 Å². The van der Waals surface area contributed by atoms with Crippen LogP contribution in [0.5, 0.6) is 0 Å². The molecule has 2 aliphatic rings. The Kier molecular flexibility index (Phi) is 5.43. The maximum absolute atomic E-state index is 12.0. The van der Waals surface area contributed by atoms with E-state index in [1.807, 2.05) is 0 Å². The Hall–Kier alpha value is -0.620. The summed E-state index contributed by atoms with van der Waals surface area (Å²) in [5.74, 6) is 0.815. The van der Waals surface area contributed by atoms with Crippen molar-refractivity contribution in [1.29, 1.82) is 0 Å². The SMILES string of the molecule is C[C@@H](NC(=O)CC1CS(=O)(=O)CCN1)C1CCCCC1. The van der Waals surface area contributed by atoms with Crippen LogP contribution in [0.3, 0.4) is 0 Å². The van der Waals surface area contributed by atoms with Crippen molar-refractivity contribution in [3.63, 3.8) is 0 Å². The second-order valence-electron chi connectivity index (χ2n) is 6.22. The largest absolute Gasteiger partial charge is 0.353 e. The molecule has 0 aromatic carbocycles. The van der Waals surface area contributed by atoms with Gasteiger partial charge in [0.1, 0.15) is 0 Å². The maximum Gasteiger partial charge on any atom is 0.221 e. The topological polar surface area (TPSA) is 75.3 Å². The van der Waals surface area contributed by atoms with Crippen molar-refractivity contribution < 1.29 is 13.2 Å². The standard InChI is InChI=1S/C14H26N2O3S/c1-11(12-5-3-2-4-6-12)16-14(17)9-13-10-20(18,19)8-7-15-13/h11-13,15H,2-10H2,1H3,(H,16,17)/t11-,13?/m1/s1. The molecule has 6 heteroatoms. The lowest BCUT2D eigenvalue weighted by Gasteiger charge is -2.29. The average molecular weight is 302 g/mol. The number of nitrogens with one attached hydrogen (secondary N) is 2. The molecule has 116 valence electrons. The first kappa shape index (κ1) is 15.8. The maximum atomic E-state index is 12.0. The first-order valence-corrected chi connectivity index (χ1v) is 9.51. The van der Waals surface area contributed by atoms with Crippen LogP contribution in [0.25, 0.3) is 0 Å². The molecule has 20 heavy (non-hydrogen) atoms. The second kappa shape index (κ2) is 6.89. The highest BCUT2D eigenvalue weighted by Crippen LogP contribution is 2.26. The monoisotopic (exact) mass is 302 g/mol. The smallest absolute Gasteiger partial charge is 0.221 e. The van der Waals surface area contributed by atoms with Crippen LogP contribution in [-0.4, -0.2) is 44.5 Å². The molecule has 1 saturated carbocycles. The molecule has 1 saturated heterocycles. The van der Waals surface area contributed by atoms with Gasteiger partial charge in [0.15, 0.2) is 9.84 Å². The normalized spacial score (nSPS) is 28.8. The van der Waals surface area contributed by atoms with E-state index in [2.05, 4.69) is 17.6 Å². The van der Waals surface area contributed by atoms with Crippen molar-refractivity contribution in [1.82, 2.24) is 10.6 Å². The molecule has 2 rings (SSSR count). The number of rotatable bonds is 4. The molecule has 2 atom stereocenters. The van der Waals surface area contributed by atoms with E-state index in [0.29, 0.717) is 12.5 Å². The summed E-state index contributed by atoms with van der Waals surface area (Å²) in [5.41, 5.74) is 0. The number of carbonyl (C=O) groups is 1. The van der Waals surface area contributed by atoms with Crippen molar-refractivity contribution in [2.24, 2.45) is 5.92 Å². The zero-order chi connectivity index (χ0) is 14.6. The highest BCUT2D eigenvalue weighted by molar-refractivity contribution is 7.91. The Morgan fingerprint density at radius 3 is 2.65 bits per heavy atom. The van der Waals surface area contributed by atoms with E-state index in [-0.39, 0.29) is 35.9 Å². The van der Waals surface area contributed by atoms with Crippen molar-refractivity contribution >= 4 is 15.7 Å². The molecule has 1 aliphatic heterocycles. The quantitative estimate of drug-likeness (QED) is 0.807. The van der Waals surface area contributed by atoms with E-state index < -0.39 is 9.84 Å². The highest BCUT2D eigenvalue weighted by atomic mass is 32.2. The summed E-state index contributed by atoms with van der Waals surface area (Å²) >= 11 is 0. The molecule has 0 bridgehead atoms. The predicted octanol–water partition coefficient (Wildman–Crippen LogP) is 0.848. The summed E-state index contributed by atoms with van der Waals surface area (Å²) in [6, 6.07) is -0.0321. The Morgan fingerprint density at radius 2 is 2.00 bits per heavy atom. The van der Waals surface area contributed by atoms with Gasteiger partial charge in [0.2, 0.25) is 5.91 Å². The van der Waals surface area contributed by atoms with Gasteiger partial charge in [-0.15, -0.1) is 0 Å². The van der Waals surface area contributed by atoms with E-state index in [1.54, 1.807) is 0 Å². The molecule has 5 nitrogen and oxygen atoms in total. The van der Waals surface area contributed by atoms with Gasteiger partial charge in [-0.25, -0.2) is 8.42 Å². The van der Waals surface area contributed by atoms with Crippen molar-refractivity contribution in [3.8, 4) is 0 Å². The summed E-state index contributed by atoms with van der Waals surface area (Å²) in [6.07, 6.45) is 6.47. The number of hydrogen-bond acceptors (Lipinski definition) is 4. The fourth-order valence-corrected chi connectivity index (χ4v) is 4.73. The van der Waals surface area contributed by atoms with Crippen molar-refractivity contribution in [2.45, 2.75) is 57.5 Å². The fraction of sp³-hybridized carbons (Fsp3) is 0.929. The Balaban J connectivity index is 1.77. The number of amides is 1. The Labute approximate surface area is 121 Å². The third-order valence-corrected chi connectivity index (χ3v) is 6.21. The van der Waals surface area contributed by atoms with Gasteiger partial charge in [0, 0.05) is 25.0 Å². The lowest BCUT2D eigenvalue weighted by atomic mass is 9.84. The summed E-state index contributed by atoms with van der Waals surface area (Å²) in [4.78, 5) is 12.0. The molecule has 1 amide bonds. The summed E-state index contributed by atoms with van der Waals surface area (Å²) in [5, 5.41) is 6.17. The third-order valence-electron chi connectivity index (χ3n) is 4.48. The number of hydrogen-bond donors (Lipinski definition) is 2. The van der Waals surface area contributed by atoms with Gasteiger partial charge < -0.3 is 10.6 Å². The predicted molar refractivity (Wildman–Crippen MR) is 79.2 cm³/mol. The van der Waals surface area contributed by atoms with Gasteiger partial charge in [-0.05, 0) is 25.7 Å². The molecule has 0 aromatic heterocycles. The van der Waals surface area contributed by atoms with Crippen LogP contribution in [0.4, 0.5) is 0 Å². The zero-order valence-corrected chi connectivity index (χ0v) is 13.0. The molecule has 1 heterocycles. The van der Waals surface area contributed by atoms with E-state index in [1.165, 1.54) is 32.1 Å². The summed E-state index contributed by atoms with van der Waals surface area (Å²) in [6.45, 7) is 2.53. The molecule has 2 fully saturated rings. The van der Waals surface area contributed by atoms with E-state index in [9.17, 15) is 13.2 Å². The third kappa shape index (κ3) is 4.74. The van der Waals surface area contributed by atoms with Crippen LogP contribution in [0, 0.1) is 5.92 Å². The molecule has 2 N–H and O–H groups in total. The molecule has 0 aromatic rings. The van der Waals surface area contributed by atoms with Gasteiger partial charge in [0.25, 0.3) is 0 Å². The van der Waals surface area contributed by atoms with Crippen molar-refractivity contribution in [3.05, 3.63) is 0 Å². The van der Waals surface area contributed by atoms with Crippen molar-refractivity contribution in [2.75, 3.05) is 18.1 Å². The number of sulfone groups is 1. The zero-order valence-electron chi connectivity index (χ0n) is 12.2. The van der Waals surface area contributed by atoms with Crippen LogP contribution in [0.2, 0.25) is 0 Å². The molecule has 1 aliphatic carbocycles. The summed E-state index contributed by atoms with van der Waals surface area (Å²) < 4.78 is 23.1. The molecule has 0 radical (unpaired) electrons. The highest BCUT2D eigenvalue weighted by Gasteiger charge is 2.27. The number of carbonyl (C=O) groups excluding carboxylic acids is 1. The second-order valence-corrected chi connectivity index (χ2v) is 8.45. The first-order chi connectivity index (χ1) is 9.46. The van der Waals surface area contributed by atoms with Gasteiger partial charge in [-0.3, -0.25) is 4.79 Å². The van der Waals surface area contributed by atoms with Crippen LogP contribution < -0.4 is 10.6 Å².